The Hall–Kier alpha value is -3.87. The molecule has 4 rings (SSSR count). The summed E-state index contributed by atoms with van der Waals surface area (Å²) in [6.45, 7) is 2.97. The number of likely N-dealkylation sites (tertiary alicyclic amines) is 1. The Bertz CT molecular complexity index is 1130. The van der Waals surface area contributed by atoms with E-state index in [9.17, 15) is 14.7 Å². The molecule has 7 heteroatoms. The van der Waals surface area contributed by atoms with Crippen molar-refractivity contribution in [3.8, 4) is 5.75 Å². The minimum absolute atomic E-state index is 0.103. The Labute approximate surface area is 186 Å². The standard InChI is InChI=1S/C25H25N3O4/c1-17-4-6-19(7-5-17)23(29)21-22(18-8-10-20(32-2)11-9-18)28(25(31)24(21)30)14-3-13-27-15-12-26-16-27/h4-12,15-16,22,29H,3,13-14H2,1-2H3/t22-/m1/s1. The molecule has 0 aliphatic carbocycles. The zero-order valence-corrected chi connectivity index (χ0v) is 18.1. The van der Waals surface area contributed by atoms with E-state index in [1.807, 2.05) is 42.0 Å². The highest BCUT2D eigenvalue weighted by Crippen LogP contribution is 2.39. The number of aliphatic hydroxyl groups is 1. The fourth-order valence-electron chi connectivity index (χ4n) is 3.95. The Balaban J connectivity index is 1.72. The van der Waals surface area contributed by atoms with Crippen LogP contribution in [-0.4, -0.2) is 44.9 Å². The zero-order valence-electron chi connectivity index (χ0n) is 18.1. The van der Waals surface area contributed by atoms with Crippen LogP contribution in [0.25, 0.3) is 5.76 Å². The van der Waals surface area contributed by atoms with Crippen molar-refractivity contribution >= 4 is 17.4 Å². The first-order valence-corrected chi connectivity index (χ1v) is 10.4. The largest absolute Gasteiger partial charge is 0.507 e. The molecule has 1 atom stereocenters. The predicted molar refractivity (Wildman–Crippen MR) is 120 cm³/mol. The molecule has 0 saturated carbocycles. The van der Waals surface area contributed by atoms with Crippen LogP contribution in [0.4, 0.5) is 0 Å². The Morgan fingerprint density at radius 1 is 1.06 bits per heavy atom. The summed E-state index contributed by atoms with van der Waals surface area (Å²) in [7, 11) is 1.58. The van der Waals surface area contributed by atoms with Crippen LogP contribution in [0.1, 0.15) is 29.2 Å². The van der Waals surface area contributed by atoms with Crippen molar-refractivity contribution < 1.29 is 19.4 Å². The first-order valence-electron chi connectivity index (χ1n) is 10.4. The number of nitrogens with zero attached hydrogens (tertiary/aromatic N) is 3. The first-order chi connectivity index (χ1) is 15.5. The number of hydrogen-bond acceptors (Lipinski definition) is 5. The van der Waals surface area contributed by atoms with Gasteiger partial charge in [-0.05, 0) is 31.0 Å². The normalized spacial score (nSPS) is 17.7. The Morgan fingerprint density at radius 3 is 2.41 bits per heavy atom. The number of aliphatic hydroxyl groups excluding tert-OH is 1. The molecule has 0 unspecified atom stereocenters. The maximum absolute atomic E-state index is 13.0. The van der Waals surface area contributed by atoms with Gasteiger partial charge in [0.25, 0.3) is 11.7 Å². The van der Waals surface area contributed by atoms with Crippen molar-refractivity contribution in [1.29, 1.82) is 0 Å². The lowest BCUT2D eigenvalue weighted by molar-refractivity contribution is -0.139. The summed E-state index contributed by atoms with van der Waals surface area (Å²) in [5.41, 5.74) is 2.38. The zero-order chi connectivity index (χ0) is 22.7. The molecule has 1 saturated heterocycles. The number of carbonyl (C=O) groups excluding carboxylic acids is 2. The lowest BCUT2D eigenvalue weighted by atomic mass is 9.95. The molecule has 1 N–H and O–H groups in total. The van der Waals surface area contributed by atoms with E-state index < -0.39 is 17.7 Å². The number of ketones is 1. The van der Waals surface area contributed by atoms with Crippen molar-refractivity contribution in [3.63, 3.8) is 0 Å². The molecule has 2 heterocycles. The van der Waals surface area contributed by atoms with Gasteiger partial charge in [0, 0.05) is 31.0 Å². The smallest absolute Gasteiger partial charge is 0.295 e. The molecule has 0 bridgehead atoms. The molecule has 2 aromatic carbocycles. The average molecular weight is 431 g/mol. The van der Waals surface area contributed by atoms with E-state index in [0.717, 1.165) is 11.1 Å². The van der Waals surface area contributed by atoms with Crippen LogP contribution < -0.4 is 4.74 Å². The number of benzene rings is 2. The number of Topliss-reactive ketones (excluding diaryl/α,β-unsaturated/α-hetero) is 1. The van der Waals surface area contributed by atoms with Gasteiger partial charge in [0.05, 0.1) is 25.1 Å². The number of ether oxygens (including phenoxy) is 1. The van der Waals surface area contributed by atoms with Crippen molar-refractivity contribution in [2.45, 2.75) is 25.9 Å². The molecule has 0 spiro atoms. The van der Waals surface area contributed by atoms with E-state index in [0.29, 0.717) is 30.8 Å². The molecule has 164 valence electrons. The Morgan fingerprint density at radius 2 is 1.78 bits per heavy atom. The number of aryl methyl sites for hydroxylation is 2. The minimum Gasteiger partial charge on any atom is -0.507 e. The lowest BCUT2D eigenvalue weighted by Crippen LogP contribution is -2.31. The van der Waals surface area contributed by atoms with Crippen LogP contribution in [-0.2, 0) is 16.1 Å². The van der Waals surface area contributed by atoms with Gasteiger partial charge < -0.3 is 19.3 Å². The summed E-state index contributed by atoms with van der Waals surface area (Å²) in [6, 6.07) is 13.8. The molecule has 1 aromatic heterocycles. The second kappa shape index (κ2) is 9.09. The predicted octanol–water partition coefficient (Wildman–Crippen LogP) is 3.71. The monoisotopic (exact) mass is 431 g/mol. The van der Waals surface area contributed by atoms with E-state index in [1.165, 1.54) is 0 Å². The minimum atomic E-state index is -0.676. The fourth-order valence-corrected chi connectivity index (χ4v) is 3.95. The highest BCUT2D eigenvalue weighted by molar-refractivity contribution is 6.46. The number of carbonyl (C=O) groups is 2. The van der Waals surface area contributed by atoms with E-state index >= 15 is 0 Å². The summed E-state index contributed by atoms with van der Waals surface area (Å²) in [5, 5.41) is 11.1. The van der Waals surface area contributed by atoms with Gasteiger partial charge in [-0.2, -0.15) is 0 Å². The number of amides is 1. The number of rotatable bonds is 7. The van der Waals surface area contributed by atoms with Gasteiger partial charge in [0.1, 0.15) is 11.5 Å². The van der Waals surface area contributed by atoms with Crippen molar-refractivity contribution in [1.82, 2.24) is 14.5 Å². The summed E-state index contributed by atoms with van der Waals surface area (Å²) in [4.78, 5) is 31.6. The number of imidazole rings is 1. The van der Waals surface area contributed by atoms with Gasteiger partial charge in [0.2, 0.25) is 0 Å². The average Bonchev–Trinajstić information content (AvgIpc) is 3.41. The van der Waals surface area contributed by atoms with Crippen LogP contribution in [0.3, 0.4) is 0 Å². The fraction of sp³-hybridized carbons (Fsp3) is 0.240. The molecular formula is C25H25N3O4. The van der Waals surface area contributed by atoms with E-state index in [-0.39, 0.29) is 11.3 Å². The van der Waals surface area contributed by atoms with Crippen LogP contribution in [0, 0.1) is 6.92 Å². The third-order valence-electron chi connectivity index (χ3n) is 5.67. The molecule has 7 nitrogen and oxygen atoms in total. The highest BCUT2D eigenvalue weighted by atomic mass is 16.5. The lowest BCUT2D eigenvalue weighted by Gasteiger charge is -2.25. The molecule has 1 fully saturated rings. The highest BCUT2D eigenvalue weighted by Gasteiger charge is 2.45. The first kappa shape index (κ1) is 21.4. The van der Waals surface area contributed by atoms with Gasteiger partial charge >= 0.3 is 0 Å². The third kappa shape index (κ3) is 4.14. The molecule has 1 aliphatic rings. The maximum atomic E-state index is 13.0. The van der Waals surface area contributed by atoms with E-state index in [4.69, 9.17) is 4.74 Å². The van der Waals surface area contributed by atoms with Gasteiger partial charge in [0.15, 0.2) is 0 Å². The van der Waals surface area contributed by atoms with Gasteiger partial charge in [-0.25, -0.2) is 4.98 Å². The second-order valence-electron chi connectivity index (χ2n) is 7.79. The maximum Gasteiger partial charge on any atom is 0.295 e. The molecular weight excluding hydrogens is 406 g/mol. The van der Waals surface area contributed by atoms with E-state index in [2.05, 4.69) is 4.98 Å². The van der Waals surface area contributed by atoms with E-state index in [1.54, 1.807) is 48.8 Å². The quantitative estimate of drug-likeness (QED) is 0.350. The van der Waals surface area contributed by atoms with Crippen molar-refractivity contribution in [2.24, 2.45) is 0 Å². The van der Waals surface area contributed by atoms with Crippen LogP contribution in [0.5, 0.6) is 5.75 Å². The van der Waals surface area contributed by atoms with Crippen LogP contribution in [0.15, 0.2) is 72.8 Å². The molecule has 0 radical (unpaired) electrons. The summed E-state index contributed by atoms with van der Waals surface area (Å²) < 4.78 is 7.17. The number of methoxy groups -OCH3 is 1. The topological polar surface area (TPSA) is 84.7 Å². The van der Waals surface area contributed by atoms with Crippen LogP contribution in [0.2, 0.25) is 0 Å². The third-order valence-corrected chi connectivity index (χ3v) is 5.67. The Kier molecular flexibility index (Phi) is 6.07. The summed E-state index contributed by atoms with van der Waals surface area (Å²) >= 11 is 0. The number of aromatic nitrogens is 2. The SMILES string of the molecule is COc1ccc([C@@H]2C(=C(O)c3ccc(C)cc3)C(=O)C(=O)N2CCCn2ccnc2)cc1. The van der Waals surface area contributed by atoms with Crippen LogP contribution >= 0.6 is 0 Å². The molecule has 1 amide bonds. The number of hydrogen-bond donors (Lipinski definition) is 1. The second-order valence-corrected chi connectivity index (χ2v) is 7.79. The van der Waals surface area contributed by atoms with Gasteiger partial charge in [-0.15, -0.1) is 0 Å². The van der Waals surface area contributed by atoms with Crippen molar-refractivity contribution in [3.05, 3.63) is 89.5 Å². The molecule has 1 aliphatic heterocycles. The summed E-state index contributed by atoms with van der Waals surface area (Å²) in [6.07, 6.45) is 5.91. The van der Waals surface area contributed by atoms with Gasteiger partial charge in [-0.3, -0.25) is 9.59 Å². The summed E-state index contributed by atoms with van der Waals surface area (Å²) in [5.74, 6) is -0.776. The molecule has 3 aromatic rings. The van der Waals surface area contributed by atoms with Crippen molar-refractivity contribution in [2.75, 3.05) is 13.7 Å². The van der Waals surface area contributed by atoms with Gasteiger partial charge in [-0.1, -0.05) is 42.0 Å². The molecule has 32 heavy (non-hydrogen) atoms.